The lowest BCUT2D eigenvalue weighted by Gasteiger charge is -2.15. The fourth-order valence-electron chi connectivity index (χ4n) is 2.22. The van der Waals surface area contributed by atoms with Gasteiger partial charge < -0.3 is 8.97 Å². The van der Waals surface area contributed by atoms with E-state index < -0.39 is 21.8 Å². The molecule has 0 radical (unpaired) electrons. The summed E-state index contributed by atoms with van der Waals surface area (Å²) in [6.07, 6.45) is 1.53. The summed E-state index contributed by atoms with van der Waals surface area (Å²) < 4.78 is 38.2. The lowest BCUT2D eigenvalue weighted by molar-refractivity contribution is -0.121. The van der Waals surface area contributed by atoms with Crippen molar-refractivity contribution in [2.24, 2.45) is 0 Å². The highest BCUT2D eigenvalue weighted by molar-refractivity contribution is 8.26. The van der Waals surface area contributed by atoms with Crippen molar-refractivity contribution < 1.29 is 22.2 Å². The first kappa shape index (κ1) is 19.1. The van der Waals surface area contributed by atoms with Crippen LogP contribution in [0.4, 0.5) is 0 Å². The molecule has 10 heteroatoms. The number of carbonyl (C=O) groups is 1. The lowest BCUT2D eigenvalue weighted by atomic mass is 10.2. The standard InChI is InChI=1S/C16H12ClNO5S3/c17-11-3-1-10(2-4-11)13-6-5-12(23-13)9-14-15(19)18(16(24)25-14)7-8-26(20,21)22/h1-6,9H,7-8H2,(H,20,21,22)/p-1/b14-9-. The molecule has 136 valence electrons. The fourth-order valence-corrected chi connectivity index (χ4v) is 4.05. The average Bonchev–Trinajstić information content (AvgIpc) is 3.12. The highest BCUT2D eigenvalue weighted by Gasteiger charge is 2.32. The first-order valence-electron chi connectivity index (χ1n) is 7.28. The highest BCUT2D eigenvalue weighted by atomic mass is 35.5. The van der Waals surface area contributed by atoms with Gasteiger partial charge in [-0.1, -0.05) is 35.6 Å². The number of hydrogen-bond donors (Lipinski definition) is 0. The van der Waals surface area contributed by atoms with Crippen LogP contribution in [0, 0.1) is 0 Å². The van der Waals surface area contributed by atoms with E-state index in [-0.39, 0.29) is 10.9 Å². The van der Waals surface area contributed by atoms with Crippen molar-refractivity contribution >= 4 is 62.0 Å². The molecule has 3 rings (SSSR count). The number of rotatable bonds is 5. The predicted octanol–water partition coefficient (Wildman–Crippen LogP) is 3.35. The largest absolute Gasteiger partial charge is 0.748 e. The molecule has 0 aliphatic carbocycles. The zero-order chi connectivity index (χ0) is 18.9. The first-order valence-corrected chi connectivity index (χ1v) is 10.5. The number of nitrogens with zero attached hydrogens (tertiary/aromatic N) is 1. The molecule has 1 aromatic heterocycles. The molecule has 1 aliphatic heterocycles. The number of hydrogen-bond acceptors (Lipinski definition) is 7. The Hall–Kier alpha value is -1.65. The highest BCUT2D eigenvalue weighted by Crippen LogP contribution is 2.33. The Morgan fingerprint density at radius 2 is 1.92 bits per heavy atom. The van der Waals surface area contributed by atoms with Gasteiger partial charge in [-0.25, -0.2) is 8.42 Å². The third-order valence-electron chi connectivity index (χ3n) is 3.47. The Bertz CT molecular complexity index is 995. The maximum atomic E-state index is 12.3. The molecule has 0 unspecified atom stereocenters. The predicted molar refractivity (Wildman–Crippen MR) is 104 cm³/mol. The smallest absolute Gasteiger partial charge is 0.266 e. The normalized spacial score (nSPS) is 16.7. The van der Waals surface area contributed by atoms with Crippen molar-refractivity contribution in [3.05, 3.63) is 52.1 Å². The Labute approximate surface area is 164 Å². The molecule has 1 amide bonds. The first-order chi connectivity index (χ1) is 12.2. The minimum atomic E-state index is -4.43. The van der Waals surface area contributed by atoms with Gasteiger partial charge in [0.2, 0.25) is 0 Å². The van der Waals surface area contributed by atoms with Crippen LogP contribution in [0.1, 0.15) is 5.76 Å². The van der Waals surface area contributed by atoms with Gasteiger partial charge in [0.05, 0.1) is 20.8 Å². The van der Waals surface area contributed by atoms with Crippen LogP contribution in [0.3, 0.4) is 0 Å². The maximum absolute atomic E-state index is 12.3. The monoisotopic (exact) mass is 428 g/mol. The molecule has 1 saturated heterocycles. The molecule has 2 heterocycles. The van der Waals surface area contributed by atoms with Gasteiger partial charge in [0, 0.05) is 23.2 Å². The van der Waals surface area contributed by atoms with Crippen LogP contribution in [0.5, 0.6) is 0 Å². The molecule has 2 aromatic rings. The number of furan rings is 1. The average molecular weight is 429 g/mol. The number of thioether (sulfide) groups is 1. The van der Waals surface area contributed by atoms with Crippen molar-refractivity contribution in [2.75, 3.05) is 12.3 Å². The molecule has 1 fully saturated rings. The number of amides is 1. The topological polar surface area (TPSA) is 90.7 Å². The van der Waals surface area contributed by atoms with E-state index in [0.717, 1.165) is 22.2 Å². The summed E-state index contributed by atoms with van der Waals surface area (Å²) >= 11 is 12.0. The van der Waals surface area contributed by atoms with Gasteiger partial charge in [-0.15, -0.1) is 0 Å². The summed E-state index contributed by atoms with van der Waals surface area (Å²) in [5.41, 5.74) is 0.835. The van der Waals surface area contributed by atoms with E-state index in [1.165, 1.54) is 6.08 Å². The van der Waals surface area contributed by atoms with Crippen LogP contribution in [-0.2, 0) is 14.9 Å². The van der Waals surface area contributed by atoms with Crippen molar-refractivity contribution in [3.63, 3.8) is 0 Å². The number of benzene rings is 1. The van der Waals surface area contributed by atoms with Gasteiger partial charge in [0.25, 0.3) is 5.91 Å². The van der Waals surface area contributed by atoms with E-state index >= 15 is 0 Å². The molecular weight excluding hydrogens is 418 g/mol. The molecule has 0 saturated carbocycles. The minimum Gasteiger partial charge on any atom is -0.748 e. The van der Waals surface area contributed by atoms with Gasteiger partial charge in [-0.2, -0.15) is 0 Å². The lowest BCUT2D eigenvalue weighted by Crippen LogP contribution is -2.32. The van der Waals surface area contributed by atoms with E-state index in [4.69, 9.17) is 28.2 Å². The van der Waals surface area contributed by atoms with Gasteiger partial charge >= 0.3 is 0 Å². The zero-order valence-electron chi connectivity index (χ0n) is 13.0. The maximum Gasteiger partial charge on any atom is 0.266 e. The molecule has 0 N–H and O–H groups in total. The van der Waals surface area contributed by atoms with Crippen LogP contribution >= 0.6 is 35.6 Å². The zero-order valence-corrected chi connectivity index (χ0v) is 16.3. The Kier molecular flexibility index (Phi) is 5.54. The summed E-state index contributed by atoms with van der Waals surface area (Å²) in [7, 11) is -4.43. The number of halogens is 1. The van der Waals surface area contributed by atoms with Crippen molar-refractivity contribution in [3.8, 4) is 11.3 Å². The van der Waals surface area contributed by atoms with Crippen LogP contribution in [0.2, 0.25) is 5.02 Å². The third-order valence-corrected chi connectivity index (χ3v) is 5.78. The molecule has 1 aliphatic rings. The SMILES string of the molecule is O=C1/C(=C/c2ccc(-c3ccc(Cl)cc3)o2)SC(=S)N1CCS(=O)(=O)[O-]. The van der Waals surface area contributed by atoms with Crippen LogP contribution in [0.15, 0.2) is 45.7 Å². The second-order valence-corrected chi connectivity index (χ2v) is 8.94. The fraction of sp³-hybridized carbons (Fsp3) is 0.125. The summed E-state index contributed by atoms with van der Waals surface area (Å²) in [5, 5.41) is 0.615. The molecular formula is C16H11ClNO5S3-. The molecule has 0 spiro atoms. The van der Waals surface area contributed by atoms with Crippen molar-refractivity contribution in [2.45, 2.75) is 0 Å². The van der Waals surface area contributed by atoms with E-state index in [9.17, 15) is 17.8 Å². The van der Waals surface area contributed by atoms with Gasteiger partial charge in [-0.3, -0.25) is 9.69 Å². The van der Waals surface area contributed by atoms with E-state index in [1.54, 1.807) is 24.3 Å². The molecule has 0 bridgehead atoms. The minimum absolute atomic E-state index is 0.203. The van der Waals surface area contributed by atoms with Gasteiger partial charge in [0.15, 0.2) is 0 Å². The van der Waals surface area contributed by atoms with Gasteiger partial charge in [0.1, 0.15) is 15.8 Å². The molecule has 6 nitrogen and oxygen atoms in total. The second kappa shape index (κ2) is 7.53. The van der Waals surface area contributed by atoms with Crippen LogP contribution in [0.25, 0.3) is 17.4 Å². The number of carbonyl (C=O) groups excluding carboxylic acids is 1. The Balaban J connectivity index is 1.77. The third kappa shape index (κ3) is 4.54. The van der Waals surface area contributed by atoms with Crippen LogP contribution in [-0.4, -0.2) is 40.4 Å². The quantitative estimate of drug-likeness (QED) is 0.409. The van der Waals surface area contributed by atoms with Crippen LogP contribution < -0.4 is 0 Å². The molecule has 26 heavy (non-hydrogen) atoms. The van der Waals surface area contributed by atoms with E-state index in [2.05, 4.69) is 0 Å². The molecule has 0 atom stereocenters. The van der Waals surface area contributed by atoms with Gasteiger partial charge in [-0.05, 0) is 36.4 Å². The van der Waals surface area contributed by atoms with Crippen molar-refractivity contribution in [1.82, 2.24) is 4.90 Å². The summed E-state index contributed by atoms with van der Waals surface area (Å²) in [6.45, 7) is -0.262. The molecule has 1 aromatic carbocycles. The van der Waals surface area contributed by atoms with E-state index in [1.807, 2.05) is 12.1 Å². The summed E-state index contributed by atoms with van der Waals surface area (Å²) in [4.78, 5) is 13.8. The summed E-state index contributed by atoms with van der Waals surface area (Å²) in [5.74, 6) is -0.0744. The Morgan fingerprint density at radius 1 is 1.23 bits per heavy atom. The van der Waals surface area contributed by atoms with Crippen molar-refractivity contribution in [1.29, 1.82) is 0 Å². The summed E-state index contributed by atoms with van der Waals surface area (Å²) in [6, 6.07) is 10.6. The Morgan fingerprint density at radius 3 is 2.58 bits per heavy atom. The van der Waals surface area contributed by atoms with E-state index in [0.29, 0.717) is 21.4 Å². The second-order valence-electron chi connectivity index (χ2n) is 5.30. The number of thiocarbonyl (C=S) groups is 1.